The summed E-state index contributed by atoms with van der Waals surface area (Å²) in [5.41, 5.74) is 1.00. The van der Waals surface area contributed by atoms with Gasteiger partial charge in [-0.25, -0.2) is 4.79 Å². The van der Waals surface area contributed by atoms with Crippen LogP contribution < -0.4 is 5.32 Å². The van der Waals surface area contributed by atoms with E-state index in [4.69, 9.17) is 0 Å². The maximum atomic E-state index is 11.1. The number of carbonyl (C=O) groups excluding carboxylic acids is 1. The number of thioether (sulfide) groups is 1. The van der Waals surface area contributed by atoms with Crippen molar-refractivity contribution in [2.45, 2.75) is 18.2 Å². The molecule has 0 spiro atoms. The zero-order valence-corrected chi connectivity index (χ0v) is 11.3. The Labute approximate surface area is 110 Å². The van der Waals surface area contributed by atoms with Gasteiger partial charge in [-0.3, -0.25) is 5.32 Å². The Balaban J connectivity index is 2.19. The molecule has 4 nitrogen and oxygen atoms in total. The molecule has 0 aliphatic carbocycles. The molecule has 2 rings (SSSR count). The fourth-order valence-corrected chi connectivity index (χ4v) is 2.46. The van der Waals surface area contributed by atoms with Crippen molar-refractivity contribution in [2.75, 3.05) is 18.2 Å². The van der Waals surface area contributed by atoms with E-state index in [-0.39, 0.29) is 0 Å². The van der Waals surface area contributed by atoms with Crippen molar-refractivity contribution >= 4 is 34.6 Å². The molecule has 0 saturated carbocycles. The number of nitrogens with one attached hydrogen (secondary N) is 2. The van der Waals surface area contributed by atoms with E-state index in [1.165, 1.54) is 12.0 Å². The lowest BCUT2D eigenvalue weighted by Gasteiger charge is -1.99. The number of ether oxygens (including phenoxy) is 1. The van der Waals surface area contributed by atoms with E-state index in [9.17, 15) is 4.79 Å². The number of amides is 1. The summed E-state index contributed by atoms with van der Waals surface area (Å²) in [5, 5.41) is 3.71. The molecule has 0 radical (unpaired) electrons. The van der Waals surface area contributed by atoms with Crippen LogP contribution in [0.4, 0.5) is 10.6 Å². The number of methoxy groups -OCH3 is 1. The molecule has 1 aromatic carbocycles. The molecule has 1 heterocycles. The summed E-state index contributed by atoms with van der Waals surface area (Å²) in [7, 11) is 1.34. The van der Waals surface area contributed by atoms with Gasteiger partial charge in [0.1, 0.15) is 5.82 Å². The second kappa shape index (κ2) is 5.82. The molecule has 1 amide bonds. The van der Waals surface area contributed by atoms with E-state index < -0.39 is 6.09 Å². The molecule has 96 valence electrons. The molecular weight excluding hydrogens is 248 g/mol. The standard InChI is InChI=1S/C13H16N2O2S/c1-3-6-18-10-4-5-11-9(7-10)8-12(14-11)15-13(16)17-2/h4-5,7-8,14H,3,6H2,1-2H3,(H,15,16). The van der Waals surface area contributed by atoms with E-state index in [1.54, 1.807) is 0 Å². The van der Waals surface area contributed by atoms with Gasteiger partial charge in [0.15, 0.2) is 0 Å². The van der Waals surface area contributed by atoms with Crippen molar-refractivity contribution in [3.05, 3.63) is 24.3 Å². The summed E-state index contributed by atoms with van der Waals surface area (Å²) < 4.78 is 4.55. The molecular formula is C13H16N2O2S. The molecule has 0 saturated heterocycles. The molecule has 5 heteroatoms. The molecule has 2 N–H and O–H groups in total. The number of carbonyl (C=O) groups is 1. The molecule has 2 aromatic rings. The zero-order valence-electron chi connectivity index (χ0n) is 10.4. The SMILES string of the molecule is CCCSc1ccc2[nH]c(NC(=O)OC)cc2c1. The lowest BCUT2D eigenvalue weighted by atomic mass is 10.2. The van der Waals surface area contributed by atoms with Crippen molar-refractivity contribution in [2.24, 2.45) is 0 Å². The average Bonchev–Trinajstić information content (AvgIpc) is 2.77. The Morgan fingerprint density at radius 1 is 1.44 bits per heavy atom. The summed E-state index contributed by atoms with van der Waals surface area (Å²) in [6.07, 6.45) is 0.687. The lowest BCUT2D eigenvalue weighted by Crippen LogP contribution is -2.10. The molecule has 0 atom stereocenters. The number of rotatable bonds is 4. The van der Waals surface area contributed by atoms with Crippen LogP contribution in [0.3, 0.4) is 0 Å². The van der Waals surface area contributed by atoms with Gasteiger partial charge in [-0.1, -0.05) is 6.92 Å². The summed E-state index contributed by atoms with van der Waals surface area (Å²) >= 11 is 1.84. The molecule has 0 aliphatic heterocycles. The first kappa shape index (κ1) is 12.8. The largest absolute Gasteiger partial charge is 0.453 e. The number of benzene rings is 1. The van der Waals surface area contributed by atoms with Gasteiger partial charge < -0.3 is 9.72 Å². The summed E-state index contributed by atoms with van der Waals surface area (Å²) in [6.45, 7) is 2.17. The van der Waals surface area contributed by atoms with E-state index in [1.807, 2.05) is 23.9 Å². The smallest absolute Gasteiger partial charge is 0.412 e. The number of aromatic nitrogens is 1. The van der Waals surface area contributed by atoms with Gasteiger partial charge in [-0.05, 0) is 36.4 Å². The highest BCUT2D eigenvalue weighted by atomic mass is 32.2. The molecule has 18 heavy (non-hydrogen) atoms. The van der Waals surface area contributed by atoms with Crippen LogP contribution in [0, 0.1) is 0 Å². The molecule has 0 fully saturated rings. The zero-order chi connectivity index (χ0) is 13.0. The van der Waals surface area contributed by atoms with Gasteiger partial charge >= 0.3 is 6.09 Å². The average molecular weight is 264 g/mol. The highest BCUT2D eigenvalue weighted by Crippen LogP contribution is 2.26. The predicted molar refractivity (Wildman–Crippen MR) is 75.3 cm³/mol. The third kappa shape index (κ3) is 2.98. The normalized spacial score (nSPS) is 10.6. The molecule has 0 unspecified atom stereocenters. The van der Waals surface area contributed by atoms with E-state index in [0.29, 0.717) is 5.82 Å². The quantitative estimate of drug-likeness (QED) is 0.825. The van der Waals surface area contributed by atoms with Gasteiger partial charge in [-0.2, -0.15) is 0 Å². The van der Waals surface area contributed by atoms with Crippen molar-refractivity contribution in [3.63, 3.8) is 0 Å². The van der Waals surface area contributed by atoms with Crippen molar-refractivity contribution in [1.29, 1.82) is 0 Å². The van der Waals surface area contributed by atoms with Gasteiger partial charge in [0, 0.05) is 15.8 Å². The van der Waals surface area contributed by atoms with Crippen molar-refractivity contribution in [1.82, 2.24) is 4.98 Å². The number of H-pyrrole nitrogens is 1. The number of aromatic amines is 1. The Morgan fingerprint density at radius 3 is 3.00 bits per heavy atom. The third-order valence-corrected chi connectivity index (χ3v) is 3.69. The number of hydrogen-bond acceptors (Lipinski definition) is 3. The van der Waals surface area contributed by atoms with Gasteiger partial charge in [-0.15, -0.1) is 11.8 Å². The van der Waals surface area contributed by atoms with Crippen LogP contribution in [-0.4, -0.2) is 23.9 Å². The predicted octanol–water partition coefficient (Wildman–Crippen LogP) is 3.85. The van der Waals surface area contributed by atoms with Gasteiger partial charge in [0.25, 0.3) is 0 Å². The highest BCUT2D eigenvalue weighted by molar-refractivity contribution is 7.99. The minimum Gasteiger partial charge on any atom is -0.453 e. The second-order valence-electron chi connectivity index (χ2n) is 3.90. The number of hydrogen-bond donors (Lipinski definition) is 2. The number of anilines is 1. The maximum absolute atomic E-state index is 11.1. The van der Waals surface area contributed by atoms with Crippen LogP contribution in [0.1, 0.15) is 13.3 Å². The molecule has 0 aliphatic rings. The Morgan fingerprint density at radius 2 is 2.28 bits per heavy atom. The van der Waals surface area contributed by atoms with Gasteiger partial charge in [0.2, 0.25) is 0 Å². The summed E-state index contributed by atoms with van der Waals surface area (Å²) in [6, 6.07) is 8.13. The van der Waals surface area contributed by atoms with Crippen molar-refractivity contribution < 1.29 is 9.53 Å². The van der Waals surface area contributed by atoms with Crippen LogP contribution in [0.25, 0.3) is 10.9 Å². The third-order valence-electron chi connectivity index (χ3n) is 2.49. The fraction of sp³-hybridized carbons (Fsp3) is 0.308. The summed E-state index contributed by atoms with van der Waals surface area (Å²) in [4.78, 5) is 15.5. The molecule has 1 aromatic heterocycles. The minimum atomic E-state index is -0.470. The van der Waals surface area contributed by atoms with Crippen LogP contribution in [0.5, 0.6) is 0 Å². The van der Waals surface area contributed by atoms with E-state index in [0.717, 1.165) is 23.1 Å². The highest BCUT2D eigenvalue weighted by Gasteiger charge is 2.05. The van der Waals surface area contributed by atoms with E-state index in [2.05, 4.69) is 34.1 Å². The van der Waals surface area contributed by atoms with E-state index >= 15 is 0 Å². The van der Waals surface area contributed by atoms with Crippen LogP contribution in [0.15, 0.2) is 29.2 Å². The maximum Gasteiger partial charge on any atom is 0.412 e. The molecule has 0 bridgehead atoms. The van der Waals surface area contributed by atoms with Crippen LogP contribution in [-0.2, 0) is 4.74 Å². The van der Waals surface area contributed by atoms with Crippen molar-refractivity contribution in [3.8, 4) is 0 Å². The topological polar surface area (TPSA) is 54.1 Å². The van der Waals surface area contributed by atoms with Crippen LogP contribution in [0.2, 0.25) is 0 Å². The Hall–Kier alpha value is -1.62. The van der Waals surface area contributed by atoms with Gasteiger partial charge in [0.05, 0.1) is 7.11 Å². The fourth-order valence-electron chi connectivity index (χ4n) is 1.65. The second-order valence-corrected chi connectivity index (χ2v) is 5.07. The van der Waals surface area contributed by atoms with Crippen LogP contribution >= 0.6 is 11.8 Å². The first-order valence-electron chi connectivity index (χ1n) is 5.83. The first-order valence-corrected chi connectivity index (χ1v) is 6.82. The Bertz CT molecular complexity index is 551. The number of fused-ring (bicyclic) bond motifs is 1. The Kier molecular flexibility index (Phi) is 4.15. The minimum absolute atomic E-state index is 0.470. The summed E-state index contributed by atoms with van der Waals surface area (Å²) in [5.74, 6) is 1.76. The lowest BCUT2D eigenvalue weighted by molar-refractivity contribution is 0.187. The first-order chi connectivity index (χ1) is 8.72. The monoisotopic (exact) mass is 264 g/mol.